The summed E-state index contributed by atoms with van der Waals surface area (Å²) in [6.07, 6.45) is 2.70. The summed E-state index contributed by atoms with van der Waals surface area (Å²) in [5.74, 6) is 0. The standard InChI is InChI=1S/C16H14N2OS/c1-11-5-6-13(8-12(11)2)15-10-20-16(17-15)18-7-3-4-14(18)9-19/h3-10H,1-2H3. The molecule has 100 valence electrons. The third-order valence-electron chi connectivity index (χ3n) is 3.40. The summed E-state index contributed by atoms with van der Waals surface area (Å²) in [6.45, 7) is 4.20. The molecule has 3 rings (SSSR count). The predicted octanol–water partition coefficient (Wildman–Crippen LogP) is 4.03. The van der Waals surface area contributed by atoms with Crippen molar-refractivity contribution in [1.82, 2.24) is 9.55 Å². The highest BCUT2D eigenvalue weighted by molar-refractivity contribution is 7.12. The molecule has 0 aliphatic carbocycles. The largest absolute Gasteiger partial charge is 0.296 e. The summed E-state index contributed by atoms with van der Waals surface area (Å²) in [7, 11) is 0. The van der Waals surface area contributed by atoms with Crippen LogP contribution in [0, 0.1) is 13.8 Å². The third kappa shape index (κ3) is 2.18. The van der Waals surface area contributed by atoms with E-state index in [2.05, 4.69) is 37.0 Å². The molecular weight excluding hydrogens is 268 g/mol. The lowest BCUT2D eigenvalue weighted by Crippen LogP contribution is -1.96. The fourth-order valence-corrected chi connectivity index (χ4v) is 2.91. The molecule has 2 aromatic heterocycles. The van der Waals surface area contributed by atoms with Crippen LogP contribution in [0.5, 0.6) is 0 Å². The molecule has 0 N–H and O–H groups in total. The molecular formula is C16H14N2OS. The second-order valence-electron chi connectivity index (χ2n) is 4.74. The number of hydrogen-bond acceptors (Lipinski definition) is 3. The number of nitrogens with zero attached hydrogens (tertiary/aromatic N) is 2. The normalized spacial score (nSPS) is 10.7. The van der Waals surface area contributed by atoms with Gasteiger partial charge in [0, 0.05) is 17.1 Å². The van der Waals surface area contributed by atoms with Crippen LogP contribution >= 0.6 is 11.3 Å². The van der Waals surface area contributed by atoms with Crippen LogP contribution in [0.2, 0.25) is 0 Å². The Morgan fingerprint density at radius 1 is 1.20 bits per heavy atom. The van der Waals surface area contributed by atoms with Gasteiger partial charge in [0.2, 0.25) is 0 Å². The summed E-state index contributed by atoms with van der Waals surface area (Å²) in [5, 5.41) is 2.83. The Bertz CT molecular complexity index is 770. The van der Waals surface area contributed by atoms with Gasteiger partial charge in [-0.1, -0.05) is 12.1 Å². The molecule has 2 heterocycles. The maximum atomic E-state index is 11.0. The van der Waals surface area contributed by atoms with E-state index in [4.69, 9.17) is 0 Å². The number of benzene rings is 1. The second kappa shape index (κ2) is 5.06. The first-order valence-corrected chi connectivity index (χ1v) is 7.23. The minimum Gasteiger partial charge on any atom is -0.296 e. The van der Waals surface area contributed by atoms with Gasteiger partial charge >= 0.3 is 0 Å². The topological polar surface area (TPSA) is 34.9 Å². The van der Waals surface area contributed by atoms with Crippen molar-refractivity contribution in [2.45, 2.75) is 13.8 Å². The Kier molecular flexibility index (Phi) is 3.24. The number of aldehydes is 1. The first-order valence-electron chi connectivity index (χ1n) is 6.35. The number of carbonyl (C=O) groups is 1. The van der Waals surface area contributed by atoms with Gasteiger partial charge in [0.25, 0.3) is 0 Å². The lowest BCUT2D eigenvalue weighted by Gasteiger charge is -2.03. The van der Waals surface area contributed by atoms with Gasteiger partial charge in [-0.2, -0.15) is 0 Å². The molecule has 3 aromatic rings. The molecule has 0 atom stereocenters. The zero-order valence-corrected chi connectivity index (χ0v) is 12.1. The van der Waals surface area contributed by atoms with Crippen molar-refractivity contribution in [3.63, 3.8) is 0 Å². The second-order valence-corrected chi connectivity index (χ2v) is 5.57. The Balaban J connectivity index is 2.02. The summed E-state index contributed by atoms with van der Waals surface area (Å²) in [6, 6.07) is 9.96. The molecule has 20 heavy (non-hydrogen) atoms. The van der Waals surface area contributed by atoms with Crippen LogP contribution < -0.4 is 0 Å². The molecule has 0 aliphatic heterocycles. The maximum absolute atomic E-state index is 11.0. The van der Waals surface area contributed by atoms with E-state index < -0.39 is 0 Å². The lowest BCUT2D eigenvalue weighted by atomic mass is 10.1. The quantitative estimate of drug-likeness (QED) is 0.680. The van der Waals surface area contributed by atoms with Crippen LogP contribution in [-0.2, 0) is 0 Å². The van der Waals surface area contributed by atoms with Gasteiger partial charge in [-0.15, -0.1) is 11.3 Å². The average Bonchev–Trinajstić information content (AvgIpc) is 3.09. The van der Waals surface area contributed by atoms with Crippen LogP contribution in [0.1, 0.15) is 21.6 Å². The Morgan fingerprint density at radius 3 is 2.80 bits per heavy atom. The number of aromatic nitrogens is 2. The van der Waals surface area contributed by atoms with E-state index in [1.807, 2.05) is 22.2 Å². The molecule has 0 radical (unpaired) electrons. The predicted molar refractivity (Wildman–Crippen MR) is 81.7 cm³/mol. The van der Waals surface area contributed by atoms with Crippen molar-refractivity contribution < 1.29 is 4.79 Å². The highest BCUT2D eigenvalue weighted by Crippen LogP contribution is 2.26. The van der Waals surface area contributed by atoms with E-state index in [1.54, 1.807) is 6.07 Å². The van der Waals surface area contributed by atoms with E-state index in [-0.39, 0.29) is 0 Å². The minimum atomic E-state index is 0.617. The van der Waals surface area contributed by atoms with Gasteiger partial charge in [0.05, 0.1) is 11.4 Å². The van der Waals surface area contributed by atoms with E-state index in [9.17, 15) is 4.79 Å². The summed E-state index contributed by atoms with van der Waals surface area (Å²) >= 11 is 1.53. The first kappa shape index (κ1) is 12.8. The first-order chi connectivity index (χ1) is 9.69. The molecule has 0 bridgehead atoms. The van der Waals surface area contributed by atoms with Gasteiger partial charge < -0.3 is 0 Å². The highest BCUT2D eigenvalue weighted by Gasteiger charge is 2.09. The molecule has 0 aliphatic rings. The molecule has 0 fully saturated rings. The number of rotatable bonds is 3. The van der Waals surface area contributed by atoms with E-state index in [1.165, 1.54) is 22.5 Å². The number of thiazole rings is 1. The van der Waals surface area contributed by atoms with E-state index >= 15 is 0 Å². The third-order valence-corrected chi connectivity index (χ3v) is 4.24. The molecule has 3 nitrogen and oxygen atoms in total. The SMILES string of the molecule is Cc1ccc(-c2csc(-n3cccc3C=O)n2)cc1C. The number of aryl methyl sites for hydroxylation is 2. The van der Waals surface area contributed by atoms with Crippen molar-refractivity contribution in [3.8, 4) is 16.4 Å². The van der Waals surface area contributed by atoms with Crippen LogP contribution in [-0.4, -0.2) is 15.8 Å². The lowest BCUT2D eigenvalue weighted by molar-refractivity contribution is 0.111. The summed E-state index contributed by atoms with van der Waals surface area (Å²) < 4.78 is 1.81. The fraction of sp³-hybridized carbons (Fsp3) is 0.125. The van der Waals surface area contributed by atoms with Crippen LogP contribution in [0.15, 0.2) is 41.9 Å². The molecule has 0 unspecified atom stereocenters. The van der Waals surface area contributed by atoms with Crippen LogP contribution in [0.25, 0.3) is 16.4 Å². The average molecular weight is 282 g/mol. The minimum absolute atomic E-state index is 0.617. The van der Waals surface area contributed by atoms with Gasteiger partial charge in [-0.25, -0.2) is 4.98 Å². The van der Waals surface area contributed by atoms with Crippen LogP contribution in [0.3, 0.4) is 0 Å². The zero-order valence-electron chi connectivity index (χ0n) is 11.3. The molecule has 0 spiro atoms. The number of carbonyl (C=O) groups excluding carboxylic acids is 1. The van der Waals surface area contributed by atoms with Crippen molar-refractivity contribution in [1.29, 1.82) is 0 Å². The molecule has 0 saturated heterocycles. The smallest absolute Gasteiger partial charge is 0.194 e. The van der Waals surface area contributed by atoms with Crippen molar-refractivity contribution in [2.24, 2.45) is 0 Å². The Hall–Kier alpha value is -2.20. The Labute approximate surface area is 121 Å². The van der Waals surface area contributed by atoms with Gasteiger partial charge in [-0.3, -0.25) is 9.36 Å². The maximum Gasteiger partial charge on any atom is 0.194 e. The molecule has 0 amide bonds. The van der Waals surface area contributed by atoms with Gasteiger partial charge in [0.15, 0.2) is 11.4 Å². The number of hydrogen-bond donors (Lipinski definition) is 0. The molecule has 1 aromatic carbocycles. The monoisotopic (exact) mass is 282 g/mol. The molecule has 4 heteroatoms. The Morgan fingerprint density at radius 2 is 2.05 bits per heavy atom. The van der Waals surface area contributed by atoms with Crippen LogP contribution in [0.4, 0.5) is 0 Å². The summed E-state index contributed by atoms with van der Waals surface area (Å²) in [4.78, 5) is 15.6. The summed E-state index contributed by atoms with van der Waals surface area (Å²) in [5.41, 5.74) is 5.20. The van der Waals surface area contributed by atoms with E-state index in [0.717, 1.165) is 22.7 Å². The van der Waals surface area contributed by atoms with Crippen molar-refractivity contribution in [2.75, 3.05) is 0 Å². The van der Waals surface area contributed by atoms with Gasteiger partial charge in [0.1, 0.15) is 0 Å². The zero-order chi connectivity index (χ0) is 14.1. The molecule has 0 saturated carbocycles. The van der Waals surface area contributed by atoms with Crippen molar-refractivity contribution in [3.05, 3.63) is 58.7 Å². The highest BCUT2D eigenvalue weighted by atomic mass is 32.1. The van der Waals surface area contributed by atoms with Crippen molar-refractivity contribution >= 4 is 17.6 Å². The fourth-order valence-electron chi connectivity index (χ4n) is 2.07. The van der Waals surface area contributed by atoms with Gasteiger partial charge in [-0.05, 0) is 43.2 Å². The van der Waals surface area contributed by atoms with E-state index in [0.29, 0.717) is 5.69 Å².